The molecule has 1 N–H and O–H groups in total. The lowest BCUT2D eigenvalue weighted by Crippen LogP contribution is -2.36. The molecule has 0 aliphatic carbocycles. The third kappa shape index (κ3) is 4.09. The lowest BCUT2D eigenvalue weighted by molar-refractivity contribution is -0.125. The van der Waals surface area contributed by atoms with Crippen LogP contribution >= 0.6 is 0 Å². The van der Waals surface area contributed by atoms with Crippen molar-refractivity contribution in [2.75, 3.05) is 36.5 Å². The van der Waals surface area contributed by atoms with Gasteiger partial charge >= 0.3 is 0 Å². The second kappa shape index (κ2) is 7.75. The van der Waals surface area contributed by atoms with Crippen LogP contribution < -0.4 is 10.2 Å². The number of hydrogen-bond donors (Lipinski definition) is 1. The van der Waals surface area contributed by atoms with E-state index in [4.69, 9.17) is 9.57 Å². The highest BCUT2D eigenvalue weighted by Gasteiger charge is 2.29. The summed E-state index contributed by atoms with van der Waals surface area (Å²) in [6.45, 7) is 3.19. The van der Waals surface area contributed by atoms with Gasteiger partial charge in [0, 0.05) is 30.9 Å². The topological polar surface area (TPSA) is 63.2 Å². The monoisotopic (exact) mass is 369 g/mol. The van der Waals surface area contributed by atoms with E-state index in [0.717, 1.165) is 37.6 Å². The molecular formula is C20H20FN3O3. The number of hydrogen-bond acceptors (Lipinski definition) is 5. The van der Waals surface area contributed by atoms with Crippen LogP contribution in [0.2, 0.25) is 0 Å². The van der Waals surface area contributed by atoms with Crippen molar-refractivity contribution in [1.29, 1.82) is 0 Å². The Hall–Kier alpha value is -2.93. The average Bonchev–Trinajstić information content (AvgIpc) is 3.20. The molecule has 0 spiro atoms. The number of halogens is 1. The fraction of sp³-hybridized carbons (Fsp3) is 0.300. The predicted octanol–water partition coefficient (Wildman–Crippen LogP) is 2.79. The summed E-state index contributed by atoms with van der Waals surface area (Å²) in [7, 11) is 0. The number of amides is 1. The normalized spacial score (nSPS) is 19.4. The molecule has 2 heterocycles. The summed E-state index contributed by atoms with van der Waals surface area (Å²) >= 11 is 0. The molecule has 6 nitrogen and oxygen atoms in total. The van der Waals surface area contributed by atoms with Crippen molar-refractivity contribution >= 4 is 23.0 Å². The van der Waals surface area contributed by atoms with Gasteiger partial charge in [-0.1, -0.05) is 17.3 Å². The Kier molecular flexibility index (Phi) is 5.02. The van der Waals surface area contributed by atoms with Gasteiger partial charge in [-0.3, -0.25) is 4.79 Å². The lowest BCUT2D eigenvalue weighted by atomic mass is 10.0. The van der Waals surface area contributed by atoms with Gasteiger partial charge in [0.15, 0.2) is 0 Å². The number of anilines is 2. The van der Waals surface area contributed by atoms with Crippen molar-refractivity contribution in [3.05, 3.63) is 59.9 Å². The van der Waals surface area contributed by atoms with Crippen LogP contribution in [0.3, 0.4) is 0 Å². The van der Waals surface area contributed by atoms with Crippen molar-refractivity contribution in [1.82, 2.24) is 0 Å². The number of carbonyl (C=O) groups excluding carboxylic acids is 1. The van der Waals surface area contributed by atoms with Crippen LogP contribution in [0.4, 0.5) is 15.8 Å². The highest BCUT2D eigenvalue weighted by molar-refractivity contribution is 6.06. The Morgan fingerprint density at radius 2 is 1.78 bits per heavy atom. The second-order valence-corrected chi connectivity index (χ2v) is 6.48. The number of oxime groups is 1. The average molecular weight is 369 g/mol. The Bertz CT molecular complexity index is 831. The minimum absolute atomic E-state index is 0.255. The maximum atomic E-state index is 13.0. The van der Waals surface area contributed by atoms with Gasteiger partial charge in [-0.2, -0.15) is 0 Å². The fourth-order valence-corrected chi connectivity index (χ4v) is 3.13. The Balaban J connectivity index is 1.33. The Morgan fingerprint density at radius 1 is 1.07 bits per heavy atom. The Morgan fingerprint density at radius 3 is 2.48 bits per heavy atom. The number of rotatable bonds is 4. The van der Waals surface area contributed by atoms with Crippen LogP contribution in [0.5, 0.6) is 0 Å². The molecule has 4 rings (SSSR count). The van der Waals surface area contributed by atoms with E-state index < -0.39 is 6.10 Å². The molecule has 0 saturated carbocycles. The maximum absolute atomic E-state index is 13.0. The molecule has 0 radical (unpaired) electrons. The molecule has 1 unspecified atom stereocenters. The van der Waals surface area contributed by atoms with E-state index in [-0.39, 0.29) is 11.7 Å². The molecule has 7 heteroatoms. The third-order valence-electron chi connectivity index (χ3n) is 4.65. The van der Waals surface area contributed by atoms with Crippen LogP contribution in [0.1, 0.15) is 12.0 Å². The zero-order valence-corrected chi connectivity index (χ0v) is 14.7. The number of nitrogens with one attached hydrogen (secondary N) is 1. The molecule has 1 saturated heterocycles. The number of ether oxygens (including phenoxy) is 1. The molecule has 2 aromatic rings. The Labute approximate surface area is 156 Å². The van der Waals surface area contributed by atoms with E-state index >= 15 is 0 Å². The largest absolute Gasteiger partial charge is 0.382 e. The van der Waals surface area contributed by atoms with Crippen LogP contribution in [0, 0.1) is 5.82 Å². The first kappa shape index (κ1) is 17.5. The first-order valence-electron chi connectivity index (χ1n) is 8.91. The number of nitrogens with zero attached hydrogens (tertiary/aromatic N) is 2. The number of carbonyl (C=O) groups is 1. The van der Waals surface area contributed by atoms with Gasteiger partial charge in [0.25, 0.3) is 5.91 Å². The predicted molar refractivity (Wildman–Crippen MR) is 101 cm³/mol. The standard InChI is InChI=1S/C20H20FN3O3/c21-15-3-1-14(2-4-15)18-13-19(27-23-18)20(25)22-16-5-7-17(8-6-16)24-9-11-26-12-10-24/h1-8,19H,9-13H2,(H,22,25). The number of benzene rings is 2. The first-order valence-corrected chi connectivity index (χ1v) is 8.91. The molecule has 2 aromatic carbocycles. The van der Waals surface area contributed by atoms with E-state index in [1.54, 1.807) is 12.1 Å². The molecule has 1 fully saturated rings. The quantitative estimate of drug-likeness (QED) is 0.900. The molecular weight excluding hydrogens is 349 g/mol. The summed E-state index contributed by atoms with van der Waals surface area (Å²) in [5.41, 5.74) is 3.20. The summed E-state index contributed by atoms with van der Waals surface area (Å²) in [6, 6.07) is 13.7. The third-order valence-corrected chi connectivity index (χ3v) is 4.65. The summed E-state index contributed by atoms with van der Waals surface area (Å²) in [6.07, 6.45) is -0.340. The second-order valence-electron chi connectivity index (χ2n) is 6.48. The minimum Gasteiger partial charge on any atom is -0.382 e. The number of morpholine rings is 1. The summed E-state index contributed by atoms with van der Waals surface area (Å²) in [5.74, 6) is -0.567. The molecule has 1 atom stereocenters. The van der Waals surface area contributed by atoms with E-state index in [0.29, 0.717) is 17.8 Å². The van der Waals surface area contributed by atoms with E-state index in [9.17, 15) is 9.18 Å². The van der Waals surface area contributed by atoms with Crippen molar-refractivity contribution < 1.29 is 18.8 Å². The molecule has 27 heavy (non-hydrogen) atoms. The SMILES string of the molecule is O=C(Nc1ccc(N2CCOCC2)cc1)C1CC(c2ccc(F)cc2)=NO1. The molecule has 2 aliphatic heterocycles. The zero-order valence-electron chi connectivity index (χ0n) is 14.7. The van der Waals surface area contributed by atoms with Crippen molar-refractivity contribution in [2.45, 2.75) is 12.5 Å². The van der Waals surface area contributed by atoms with E-state index in [2.05, 4.69) is 15.4 Å². The van der Waals surface area contributed by atoms with Crippen LogP contribution in [0.15, 0.2) is 53.7 Å². The fourth-order valence-electron chi connectivity index (χ4n) is 3.13. The maximum Gasteiger partial charge on any atom is 0.268 e. The molecule has 0 aromatic heterocycles. The molecule has 2 aliphatic rings. The summed E-state index contributed by atoms with van der Waals surface area (Å²) < 4.78 is 18.4. The van der Waals surface area contributed by atoms with Gasteiger partial charge < -0.3 is 19.8 Å². The van der Waals surface area contributed by atoms with Gasteiger partial charge in [0.2, 0.25) is 6.10 Å². The van der Waals surface area contributed by atoms with Crippen LogP contribution in [-0.2, 0) is 14.4 Å². The summed E-state index contributed by atoms with van der Waals surface area (Å²) in [5, 5.41) is 6.82. The molecule has 0 bridgehead atoms. The van der Waals surface area contributed by atoms with Gasteiger partial charge in [0.1, 0.15) is 5.82 Å². The zero-order chi connectivity index (χ0) is 18.6. The van der Waals surface area contributed by atoms with Crippen molar-refractivity contribution in [3.63, 3.8) is 0 Å². The van der Waals surface area contributed by atoms with Gasteiger partial charge in [-0.05, 0) is 42.0 Å². The van der Waals surface area contributed by atoms with Crippen LogP contribution in [-0.4, -0.2) is 44.0 Å². The van der Waals surface area contributed by atoms with Gasteiger partial charge in [0.05, 0.1) is 18.9 Å². The highest BCUT2D eigenvalue weighted by atomic mass is 19.1. The van der Waals surface area contributed by atoms with Crippen molar-refractivity contribution in [2.24, 2.45) is 5.16 Å². The molecule has 1 amide bonds. The first-order chi connectivity index (χ1) is 13.2. The smallest absolute Gasteiger partial charge is 0.268 e. The van der Waals surface area contributed by atoms with Crippen LogP contribution in [0.25, 0.3) is 0 Å². The highest BCUT2D eigenvalue weighted by Crippen LogP contribution is 2.21. The van der Waals surface area contributed by atoms with E-state index in [1.165, 1.54) is 12.1 Å². The summed E-state index contributed by atoms with van der Waals surface area (Å²) in [4.78, 5) is 19.9. The lowest BCUT2D eigenvalue weighted by Gasteiger charge is -2.28. The van der Waals surface area contributed by atoms with Gasteiger partial charge in [-0.25, -0.2) is 4.39 Å². The van der Waals surface area contributed by atoms with Gasteiger partial charge in [-0.15, -0.1) is 0 Å². The van der Waals surface area contributed by atoms with E-state index in [1.807, 2.05) is 24.3 Å². The van der Waals surface area contributed by atoms with Crippen molar-refractivity contribution in [3.8, 4) is 0 Å². The minimum atomic E-state index is -0.691. The molecule has 140 valence electrons.